The fourth-order valence-corrected chi connectivity index (χ4v) is 3.01. The summed E-state index contributed by atoms with van der Waals surface area (Å²) in [5.74, 6) is 0.583. The summed E-state index contributed by atoms with van der Waals surface area (Å²) in [6.45, 7) is 1.10. The first-order valence-electron chi connectivity index (χ1n) is 5.55. The number of rotatable bonds is 1. The lowest BCUT2D eigenvalue weighted by atomic mass is 10.1. The minimum Gasteiger partial charge on any atom is -0.397 e. The first-order chi connectivity index (χ1) is 7.24. The number of nitrogen functional groups attached to an aromatic ring is 1. The van der Waals surface area contributed by atoms with E-state index in [4.69, 9.17) is 5.73 Å². The normalized spacial score (nSPS) is 28.7. The van der Waals surface area contributed by atoms with Crippen LogP contribution < -0.4 is 10.6 Å². The zero-order valence-electron chi connectivity index (χ0n) is 8.62. The summed E-state index contributed by atoms with van der Waals surface area (Å²) in [5.41, 5.74) is 7.44. The predicted molar refractivity (Wildman–Crippen MR) is 59.3 cm³/mol. The van der Waals surface area contributed by atoms with Crippen molar-refractivity contribution < 1.29 is 4.39 Å². The minimum absolute atomic E-state index is 0.249. The molecule has 1 aliphatic heterocycles. The van der Waals surface area contributed by atoms with Gasteiger partial charge in [0, 0.05) is 12.6 Å². The zero-order chi connectivity index (χ0) is 10.4. The van der Waals surface area contributed by atoms with Crippen LogP contribution >= 0.6 is 0 Å². The van der Waals surface area contributed by atoms with E-state index < -0.39 is 0 Å². The number of hydrogen-bond donors (Lipinski definition) is 1. The highest BCUT2D eigenvalue weighted by Gasteiger charge is 2.38. The molecule has 3 heteroatoms. The average molecular weight is 206 g/mol. The molecule has 2 N–H and O–H groups in total. The largest absolute Gasteiger partial charge is 0.397 e. The van der Waals surface area contributed by atoms with Crippen LogP contribution in [0.3, 0.4) is 0 Å². The van der Waals surface area contributed by atoms with Gasteiger partial charge in [0.1, 0.15) is 5.82 Å². The van der Waals surface area contributed by atoms with Crippen molar-refractivity contribution in [2.24, 2.45) is 5.92 Å². The molecule has 0 radical (unpaired) electrons. The Balaban J connectivity index is 1.93. The molecule has 80 valence electrons. The van der Waals surface area contributed by atoms with Crippen molar-refractivity contribution in [1.82, 2.24) is 0 Å². The monoisotopic (exact) mass is 206 g/mol. The summed E-state index contributed by atoms with van der Waals surface area (Å²) < 4.78 is 12.9. The van der Waals surface area contributed by atoms with Crippen LogP contribution in [0.1, 0.15) is 19.3 Å². The lowest BCUT2D eigenvalue weighted by Crippen LogP contribution is -2.32. The first kappa shape index (κ1) is 9.01. The Bertz CT molecular complexity index is 391. The number of benzene rings is 1. The molecular formula is C12H15FN2. The van der Waals surface area contributed by atoms with E-state index in [-0.39, 0.29) is 5.82 Å². The standard InChI is InChI=1S/C12H15FN2/c13-9-2-4-12(11(14)6-9)15-7-8-1-3-10(15)5-8/h2,4,6,8,10H,1,3,5,7,14H2. The average Bonchev–Trinajstić information content (AvgIpc) is 2.78. The van der Waals surface area contributed by atoms with Crippen LogP contribution in [-0.4, -0.2) is 12.6 Å². The molecule has 2 bridgehead atoms. The van der Waals surface area contributed by atoms with Gasteiger partial charge in [-0.3, -0.25) is 0 Å². The van der Waals surface area contributed by atoms with Crippen molar-refractivity contribution in [2.75, 3.05) is 17.2 Å². The molecule has 0 aromatic heterocycles. The van der Waals surface area contributed by atoms with Gasteiger partial charge in [0.2, 0.25) is 0 Å². The van der Waals surface area contributed by atoms with E-state index in [1.165, 1.54) is 31.4 Å². The van der Waals surface area contributed by atoms with Crippen molar-refractivity contribution in [3.05, 3.63) is 24.0 Å². The lowest BCUT2D eigenvalue weighted by Gasteiger charge is -2.30. The number of halogens is 1. The van der Waals surface area contributed by atoms with E-state index >= 15 is 0 Å². The third-order valence-corrected chi connectivity index (χ3v) is 3.71. The van der Waals surface area contributed by atoms with Crippen LogP contribution in [0.15, 0.2) is 18.2 Å². The second kappa shape index (κ2) is 3.12. The number of fused-ring (bicyclic) bond motifs is 2. The van der Waals surface area contributed by atoms with Gasteiger partial charge in [-0.25, -0.2) is 4.39 Å². The molecule has 0 amide bonds. The van der Waals surface area contributed by atoms with Gasteiger partial charge in [0.25, 0.3) is 0 Å². The second-order valence-corrected chi connectivity index (χ2v) is 4.69. The summed E-state index contributed by atoms with van der Waals surface area (Å²) in [6, 6.07) is 5.37. The van der Waals surface area contributed by atoms with Gasteiger partial charge in [-0.15, -0.1) is 0 Å². The smallest absolute Gasteiger partial charge is 0.125 e. The zero-order valence-corrected chi connectivity index (χ0v) is 8.62. The number of anilines is 2. The molecule has 2 atom stereocenters. The van der Waals surface area contributed by atoms with Crippen molar-refractivity contribution in [3.63, 3.8) is 0 Å². The third kappa shape index (κ3) is 1.37. The molecule has 1 saturated heterocycles. The Morgan fingerprint density at radius 3 is 2.80 bits per heavy atom. The minimum atomic E-state index is -0.249. The van der Waals surface area contributed by atoms with Crippen LogP contribution in [0.2, 0.25) is 0 Å². The highest BCUT2D eigenvalue weighted by Crippen LogP contribution is 2.41. The summed E-state index contributed by atoms with van der Waals surface area (Å²) in [5, 5.41) is 0. The van der Waals surface area contributed by atoms with E-state index in [9.17, 15) is 4.39 Å². The van der Waals surface area contributed by atoms with Gasteiger partial charge < -0.3 is 10.6 Å². The van der Waals surface area contributed by atoms with Crippen molar-refractivity contribution in [1.29, 1.82) is 0 Å². The summed E-state index contributed by atoms with van der Waals surface area (Å²) in [4.78, 5) is 2.35. The summed E-state index contributed by atoms with van der Waals surface area (Å²) in [7, 11) is 0. The van der Waals surface area contributed by atoms with E-state index in [0.717, 1.165) is 18.2 Å². The van der Waals surface area contributed by atoms with Gasteiger partial charge in [0.05, 0.1) is 11.4 Å². The fourth-order valence-electron chi connectivity index (χ4n) is 3.01. The van der Waals surface area contributed by atoms with Gasteiger partial charge >= 0.3 is 0 Å². The molecule has 2 unspecified atom stereocenters. The van der Waals surface area contributed by atoms with Gasteiger partial charge in [-0.05, 0) is 43.4 Å². The van der Waals surface area contributed by atoms with Crippen molar-refractivity contribution in [2.45, 2.75) is 25.3 Å². The molecule has 1 aliphatic carbocycles. The maximum absolute atomic E-state index is 12.9. The third-order valence-electron chi connectivity index (χ3n) is 3.71. The number of nitrogens with two attached hydrogens (primary N) is 1. The van der Waals surface area contributed by atoms with Crippen LogP contribution in [0.4, 0.5) is 15.8 Å². The quantitative estimate of drug-likeness (QED) is 0.715. The second-order valence-electron chi connectivity index (χ2n) is 4.69. The molecule has 2 nitrogen and oxygen atoms in total. The predicted octanol–water partition coefficient (Wildman–Crippen LogP) is 2.40. The van der Waals surface area contributed by atoms with E-state index in [1.54, 1.807) is 0 Å². The van der Waals surface area contributed by atoms with E-state index in [1.807, 2.05) is 6.07 Å². The molecule has 2 fully saturated rings. The molecule has 1 saturated carbocycles. The Morgan fingerprint density at radius 1 is 1.33 bits per heavy atom. The number of nitrogens with zero attached hydrogens (tertiary/aromatic N) is 1. The van der Waals surface area contributed by atoms with Gasteiger partial charge in [0.15, 0.2) is 0 Å². The molecule has 1 aromatic rings. The SMILES string of the molecule is Nc1cc(F)ccc1N1CC2CCC1C2. The topological polar surface area (TPSA) is 29.3 Å². The Hall–Kier alpha value is -1.25. The lowest BCUT2D eigenvalue weighted by molar-refractivity contribution is 0.553. The molecule has 3 rings (SSSR count). The fraction of sp³-hybridized carbons (Fsp3) is 0.500. The maximum Gasteiger partial charge on any atom is 0.125 e. The molecule has 0 spiro atoms. The molecule has 2 aliphatic rings. The highest BCUT2D eigenvalue weighted by atomic mass is 19.1. The Labute approximate surface area is 88.9 Å². The molecule has 1 heterocycles. The molecular weight excluding hydrogens is 191 g/mol. The van der Waals surface area contributed by atoms with Gasteiger partial charge in [-0.2, -0.15) is 0 Å². The van der Waals surface area contributed by atoms with Crippen LogP contribution in [0.25, 0.3) is 0 Å². The molecule has 15 heavy (non-hydrogen) atoms. The Morgan fingerprint density at radius 2 is 2.20 bits per heavy atom. The summed E-state index contributed by atoms with van der Waals surface area (Å²) >= 11 is 0. The van der Waals surface area contributed by atoms with Crippen LogP contribution in [-0.2, 0) is 0 Å². The summed E-state index contributed by atoms with van der Waals surface area (Å²) in [6.07, 6.45) is 3.90. The highest BCUT2D eigenvalue weighted by molar-refractivity contribution is 5.68. The Kier molecular flexibility index (Phi) is 1.87. The van der Waals surface area contributed by atoms with E-state index in [0.29, 0.717) is 11.7 Å². The maximum atomic E-state index is 12.9. The van der Waals surface area contributed by atoms with Crippen molar-refractivity contribution in [3.8, 4) is 0 Å². The van der Waals surface area contributed by atoms with Crippen molar-refractivity contribution >= 4 is 11.4 Å². The van der Waals surface area contributed by atoms with Crippen LogP contribution in [0, 0.1) is 11.7 Å². The van der Waals surface area contributed by atoms with Crippen LogP contribution in [0.5, 0.6) is 0 Å². The van der Waals surface area contributed by atoms with E-state index in [2.05, 4.69) is 4.90 Å². The van der Waals surface area contributed by atoms with Gasteiger partial charge in [-0.1, -0.05) is 0 Å². The number of piperidine rings is 1. The number of hydrogen-bond acceptors (Lipinski definition) is 2. The first-order valence-corrected chi connectivity index (χ1v) is 5.55. The molecule has 1 aromatic carbocycles.